The van der Waals surface area contributed by atoms with Crippen molar-refractivity contribution in [2.24, 2.45) is 5.73 Å². The minimum Gasteiger partial charge on any atom is -0.369 e. The molecule has 0 aliphatic carbocycles. The van der Waals surface area contributed by atoms with Crippen LogP contribution >= 0.6 is 35.6 Å². The fraction of sp³-hybridized carbons (Fsp3) is 0.125. The van der Waals surface area contributed by atoms with Crippen molar-refractivity contribution in [3.63, 3.8) is 0 Å². The average molecular weight is 452 g/mol. The third-order valence-corrected chi connectivity index (χ3v) is 5.69. The van der Waals surface area contributed by atoms with E-state index in [1.807, 2.05) is 35.1 Å². The van der Waals surface area contributed by atoms with Crippen LogP contribution in [0.25, 0.3) is 0 Å². The monoisotopic (exact) mass is 450 g/mol. The zero-order valence-electron chi connectivity index (χ0n) is 14.1. The van der Waals surface area contributed by atoms with E-state index in [2.05, 4.69) is 0 Å². The number of benzene rings is 2. The highest BCUT2D eigenvalue weighted by Crippen LogP contribution is 2.30. The number of halogens is 3. The van der Waals surface area contributed by atoms with Crippen molar-refractivity contribution in [3.05, 3.63) is 69.2 Å². The molecule has 0 aliphatic rings. The van der Waals surface area contributed by atoms with Gasteiger partial charge in [-0.25, -0.2) is 4.72 Å². The maximum Gasteiger partial charge on any atom is 0.310 e. The first kappa shape index (κ1) is 23.2. The standard InChI is InChI=1S/C16H16Cl2N4O3S.ClH/c1-21-26(24,25)22(16(19)20)15(23)12-8-11(14(18)13(17)9-12)7-10-5-3-2-4-6-10;/h2-6,8-9,21H,7H2,1H3,(H3,19,20);1H. The predicted molar refractivity (Wildman–Crippen MR) is 109 cm³/mol. The molecule has 11 heteroatoms. The summed E-state index contributed by atoms with van der Waals surface area (Å²) < 4.78 is 26.1. The third-order valence-electron chi connectivity index (χ3n) is 3.49. The Bertz CT molecular complexity index is 953. The zero-order valence-corrected chi connectivity index (χ0v) is 17.2. The lowest BCUT2D eigenvalue weighted by Gasteiger charge is -2.20. The van der Waals surface area contributed by atoms with Crippen molar-refractivity contribution >= 4 is 57.7 Å². The molecule has 2 aromatic carbocycles. The second-order valence-corrected chi connectivity index (χ2v) is 7.77. The smallest absolute Gasteiger partial charge is 0.310 e. The molecule has 0 bridgehead atoms. The highest BCUT2D eigenvalue weighted by Gasteiger charge is 2.30. The highest BCUT2D eigenvalue weighted by molar-refractivity contribution is 7.88. The van der Waals surface area contributed by atoms with Gasteiger partial charge >= 0.3 is 10.2 Å². The number of rotatable bonds is 5. The number of hydrogen-bond acceptors (Lipinski definition) is 4. The number of hydrogen-bond donors (Lipinski definition) is 3. The summed E-state index contributed by atoms with van der Waals surface area (Å²) in [4.78, 5) is 12.6. The van der Waals surface area contributed by atoms with Crippen LogP contribution in [0.5, 0.6) is 0 Å². The van der Waals surface area contributed by atoms with E-state index in [0.717, 1.165) is 12.6 Å². The summed E-state index contributed by atoms with van der Waals surface area (Å²) in [5.74, 6) is -1.96. The van der Waals surface area contributed by atoms with Crippen LogP contribution in [-0.4, -0.2) is 31.6 Å². The van der Waals surface area contributed by atoms with E-state index in [1.165, 1.54) is 12.1 Å². The van der Waals surface area contributed by atoms with Gasteiger partial charge in [-0.15, -0.1) is 12.4 Å². The molecule has 0 saturated heterocycles. The lowest BCUT2D eigenvalue weighted by Crippen LogP contribution is -2.49. The number of carbonyl (C=O) groups is 1. The van der Waals surface area contributed by atoms with E-state index < -0.39 is 22.1 Å². The molecule has 0 aromatic heterocycles. The molecule has 0 heterocycles. The van der Waals surface area contributed by atoms with E-state index in [1.54, 1.807) is 0 Å². The fourth-order valence-electron chi connectivity index (χ4n) is 2.27. The van der Waals surface area contributed by atoms with Crippen molar-refractivity contribution in [2.45, 2.75) is 6.42 Å². The molecule has 0 atom stereocenters. The zero-order chi connectivity index (χ0) is 19.5. The minimum absolute atomic E-state index is 0. The van der Waals surface area contributed by atoms with Crippen molar-refractivity contribution < 1.29 is 13.2 Å². The summed E-state index contributed by atoms with van der Waals surface area (Å²) in [6, 6.07) is 12.0. The predicted octanol–water partition coefficient (Wildman–Crippen LogP) is 2.81. The van der Waals surface area contributed by atoms with Crippen LogP contribution in [0, 0.1) is 5.41 Å². The van der Waals surface area contributed by atoms with Crippen molar-refractivity contribution in [3.8, 4) is 0 Å². The lowest BCUT2D eigenvalue weighted by molar-refractivity contribution is 0.0911. The minimum atomic E-state index is -4.29. The Morgan fingerprint density at radius 2 is 1.81 bits per heavy atom. The summed E-state index contributed by atoms with van der Waals surface area (Å²) in [5, 5.41) is 7.78. The number of carbonyl (C=O) groups excluding carboxylic acids is 1. The number of nitrogens with two attached hydrogens (primary N) is 1. The van der Waals surface area contributed by atoms with Gasteiger partial charge in [-0.05, 0) is 29.7 Å². The number of nitrogens with zero attached hydrogens (tertiary/aromatic N) is 1. The Morgan fingerprint density at radius 3 is 2.33 bits per heavy atom. The molecule has 0 aliphatic heterocycles. The van der Waals surface area contributed by atoms with Gasteiger partial charge in [-0.3, -0.25) is 10.2 Å². The van der Waals surface area contributed by atoms with Crippen LogP contribution in [0.1, 0.15) is 21.5 Å². The maximum absolute atomic E-state index is 12.6. The van der Waals surface area contributed by atoms with Crippen LogP contribution in [0.4, 0.5) is 0 Å². The molecule has 2 rings (SSSR count). The summed E-state index contributed by atoms with van der Waals surface area (Å²) >= 11 is 12.3. The first-order valence-corrected chi connectivity index (χ1v) is 9.51. The Hall–Kier alpha value is -1.84. The molecule has 2 aromatic rings. The fourth-order valence-corrected chi connectivity index (χ4v) is 3.45. The van der Waals surface area contributed by atoms with Gasteiger partial charge in [0.1, 0.15) is 0 Å². The molecule has 0 fully saturated rings. The molecule has 27 heavy (non-hydrogen) atoms. The summed E-state index contributed by atoms with van der Waals surface area (Å²) in [6.45, 7) is 0. The molecule has 146 valence electrons. The van der Waals surface area contributed by atoms with Crippen LogP contribution in [0.3, 0.4) is 0 Å². The molecule has 7 nitrogen and oxygen atoms in total. The quantitative estimate of drug-likeness (QED) is 0.478. The second-order valence-electron chi connectivity index (χ2n) is 5.26. The molecule has 0 radical (unpaired) electrons. The van der Waals surface area contributed by atoms with E-state index in [-0.39, 0.29) is 32.3 Å². The van der Waals surface area contributed by atoms with Crippen LogP contribution in [-0.2, 0) is 16.6 Å². The van der Waals surface area contributed by atoms with Crippen LogP contribution < -0.4 is 10.5 Å². The van der Waals surface area contributed by atoms with Gasteiger partial charge in [0.25, 0.3) is 5.91 Å². The van der Waals surface area contributed by atoms with Crippen LogP contribution in [0.2, 0.25) is 10.0 Å². The number of amides is 1. The van der Waals surface area contributed by atoms with Gasteiger partial charge in [0.15, 0.2) is 0 Å². The number of nitrogens with one attached hydrogen (secondary N) is 2. The van der Waals surface area contributed by atoms with Gasteiger partial charge in [0, 0.05) is 12.6 Å². The summed E-state index contributed by atoms with van der Waals surface area (Å²) in [6.07, 6.45) is 0.388. The van der Waals surface area contributed by atoms with Crippen LogP contribution in [0.15, 0.2) is 42.5 Å². The van der Waals surface area contributed by atoms with Crippen molar-refractivity contribution in [1.29, 1.82) is 5.41 Å². The topological polar surface area (TPSA) is 116 Å². The third kappa shape index (κ3) is 5.33. The molecule has 4 N–H and O–H groups in total. The Balaban J connectivity index is 0.00000364. The highest BCUT2D eigenvalue weighted by atomic mass is 35.5. The Labute approximate surface area is 173 Å². The van der Waals surface area contributed by atoms with Gasteiger partial charge in [-0.1, -0.05) is 53.5 Å². The Kier molecular flexibility index (Phi) is 8.06. The summed E-state index contributed by atoms with van der Waals surface area (Å²) in [5.41, 5.74) is 6.69. The van der Waals surface area contributed by atoms with E-state index >= 15 is 0 Å². The molecule has 0 spiro atoms. The number of guanidine groups is 1. The summed E-state index contributed by atoms with van der Waals surface area (Å²) in [7, 11) is -3.19. The second kappa shape index (κ2) is 9.38. The van der Waals surface area contributed by atoms with Crippen molar-refractivity contribution in [2.75, 3.05) is 7.05 Å². The van der Waals surface area contributed by atoms with Gasteiger partial charge in [-0.2, -0.15) is 12.7 Å². The molecule has 1 amide bonds. The maximum atomic E-state index is 12.6. The molecular formula is C16H17Cl3N4O3S. The van der Waals surface area contributed by atoms with Crippen molar-refractivity contribution in [1.82, 2.24) is 9.03 Å². The normalized spacial score (nSPS) is 10.8. The molecule has 0 saturated carbocycles. The average Bonchev–Trinajstić information content (AvgIpc) is 2.59. The van der Waals surface area contributed by atoms with Gasteiger partial charge in [0.05, 0.1) is 10.0 Å². The van der Waals surface area contributed by atoms with E-state index in [9.17, 15) is 13.2 Å². The SMILES string of the molecule is CNS(=O)(=O)N(C(=N)N)C(=O)c1cc(Cl)c(Cl)c(Cc2ccccc2)c1.Cl. The Morgan fingerprint density at radius 1 is 1.22 bits per heavy atom. The molecular weight excluding hydrogens is 435 g/mol. The lowest BCUT2D eigenvalue weighted by atomic mass is 10.0. The van der Waals surface area contributed by atoms with Gasteiger partial charge in [0.2, 0.25) is 5.96 Å². The van der Waals surface area contributed by atoms with E-state index in [4.69, 9.17) is 34.3 Å². The first-order valence-electron chi connectivity index (χ1n) is 7.31. The molecule has 0 unspecified atom stereocenters. The van der Waals surface area contributed by atoms with Gasteiger partial charge < -0.3 is 5.73 Å². The first-order chi connectivity index (χ1) is 12.2. The largest absolute Gasteiger partial charge is 0.369 e. The van der Waals surface area contributed by atoms with E-state index in [0.29, 0.717) is 12.0 Å².